The first-order valence-corrected chi connectivity index (χ1v) is 14.5. The molecule has 226 valence electrons. The molecule has 1 fully saturated rings. The number of carbonyl (C=O) groups excluding carboxylic acids is 3. The van der Waals surface area contributed by atoms with Gasteiger partial charge < -0.3 is 23.8 Å². The molecule has 3 aromatic carbocycles. The summed E-state index contributed by atoms with van der Waals surface area (Å²) in [4.78, 5) is 48.4. The van der Waals surface area contributed by atoms with Crippen LogP contribution in [-0.2, 0) is 27.4 Å². The molecule has 1 N–H and O–H groups in total. The lowest BCUT2D eigenvalue weighted by Gasteiger charge is -2.22. The van der Waals surface area contributed by atoms with Crippen molar-refractivity contribution in [3.63, 3.8) is 0 Å². The van der Waals surface area contributed by atoms with Crippen molar-refractivity contribution in [2.75, 3.05) is 32.2 Å². The highest BCUT2D eigenvalue weighted by Crippen LogP contribution is 2.37. The molecular formula is C32H30N4O7S. The first-order valence-electron chi connectivity index (χ1n) is 13.7. The predicted octanol–water partition coefficient (Wildman–Crippen LogP) is 4.80. The highest BCUT2D eigenvalue weighted by atomic mass is 32.2. The Balaban J connectivity index is 1.15. The number of thioether (sulfide) groups is 1. The summed E-state index contributed by atoms with van der Waals surface area (Å²) in [5, 5.41) is 1.64. The summed E-state index contributed by atoms with van der Waals surface area (Å²) < 4.78 is 20.7. The average Bonchev–Trinajstić information content (AvgIpc) is 3.34. The van der Waals surface area contributed by atoms with Crippen molar-refractivity contribution in [1.82, 2.24) is 15.3 Å². The highest BCUT2D eigenvalue weighted by molar-refractivity contribution is 8.16. The third-order valence-corrected chi connectivity index (χ3v) is 7.90. The first kappa shape index (κ1) is 30.4. The molecular weight excluding hydrogens is 584 g/mol. The van der Waals surface area contributed by atoms with Crippen LogP contribution in [0.2, 0.25) is 0 Å². The van der Waals surface area contributed by atoms with Crippen molar-refractivity contribution >= 4 is 34.7 Å². The van der Waals surface area contributed by atoms with Crippen LogP contribution in [0.1, 0.15) is 11.1 Å². The third-order valence-electron chi connectivity index (χ3n) is 6.76. The third kappa shape index (κ3) is 7.45. The van der Waals surface area contributed by atoms with Gasteiger partial charge in [0.25, 0.3) is 11.1 Å². The first-order chi connectivity index (χ1) is 21.3. The molecule has 2 amide bonds. The Morgan fingerprint density at radius 3 is 2.30 bits per heavy atom. The lowest BCUT2D eigenvalue weighted by atomic mass is 9.97. The summed E-state index contributed by atoms with van der Waals surface area (Å²) in [6, 6.07) is 25.1. The maximum absolute atomic E-state index is 13.1. The van der Waals surface area contributed by atoms with Crippen LogP contribution in [-0.4, -0.2) is 59.1 Å². The van der Waals surface area contributed by atoms with Crippen molar-refractivity contribution in [3.05, 3.63) is 102 Å². The van der Waals surface area contributed by atoms with Crippen molar-refractivity contribution in [1.29, 1.82) is 0 Å². The summed E-state index contributed by atoms with van der Waals surface area (Å²) in [7, 11) is 3.49. The Bertz CT molecular complexity index is 1600. The van der Waals surface area contributed by atoms with E-state index in [1.807, 2.05) is 42.3 Å². The molecule has 1 atom stereocenters. The smallest absolute Gasteiger partial charge is 0.333 e. The minimum absolute atomic E-state index is 0.00328. The van der Waals surface area contributed by atoms with E-state index < -0.39 is 21.9 Å². The molecule has 4 aromatic rings. The highest BCUT2D eigenvalue weighted by Gasteiger charge is 2.55. The average molecular weight is 615 g/mol. The molecule has 1 saturated heterocycles. The number of aromatic nitrogens is 2. The van der Waals surface area contributed by atoms with E-state index in [9.17, 15) is 14.4 Å². The number of likely N-dealkylation sites (N-methyl/N-ethyl adjacent to an activating group) is 1. The van der Waals surface area contributed by atoms with Crippen LogP contribution in [0.5, 0.6) is 23.1 Å². The molecule has 0 spiro atoms. The standard InChI is InChI=1S/C32H30N4O7S/c1-36(27-18-28(34-21-33-27)43-26-14-12-24(40-2)13-15-26)16-17-41-25-10-8-22(9-11-25)19-32(29(37)35-31(39)44-32)30(38)42-20-23-6-4-3-5-7-23/h3-15,18,21H,16-17,19-20H2,1-2H3,(H,35,37,39)/t32-/m0/s1. The second-order valence-corrected chi connectivity index (χ2v) is 11.1. The second kappa shape index (κ2) is 13.9. The molecule has 0 aliphatic carbocycles. The lowest BCUT2D eigenvalue weighted by molar-refractivity contribution is -0.150. The van der Waals surface area contributed by atoms with E-state index in [2.05, 4.69) is 15.3 Å². The number of imide groups is 1. The van der Waals surface area contributed by atoms with Gasteiger partial charge in [-0.3, -0.25) is 14.9 Å². The van der Waals surface area contributed by atoms with E-state index in [1.165, 1.54) is 6.33 Å². The van der Waals surface area contributed by atoms with Crippen molar-refractivity contribution in [3.8, 4) is 23.1 Å². The van der Waals surface area contributed by atoms with E-state index >= 15 is 0 Å². The van der Waals surface area contributed by atoms with Gasteiger partial charge in [-0.15, -0.1) is 0 Å². The van der Waals surface area contributed by atoms with E-state index in [0.717, 1.165) is 11.3 Å². The number of methoxy groups -OCH3 is 1. The second-order valence-electron chi connectivity index (χ2n) is 9.82. The molecule has 0 radical (unpaired) electrons. The van der Waals surface area contributed by atoms with E-state index in [-0.39, 0.29) is 13.0 Å². The number of esters is 1. The van der Waals surface area contributed by atoms with Crippen LogP contribution in [0.3, 0.4) is 0 Å². The van der Waals surface area contributed by atoms with Gasteiger partial charge >= 0.3 is 5.97 Å². The van der Waals surface area contributed by atoms with Crippen LogP contribution in [0.4, 0.5) is 10.6 Å². The molecule has 0 bridgehead atoms. The normalized spacial score (nSPS) is 15.8. The minimum Gasteiger partial charge on any atom is -0.497 e. The molecule has 2 heterocycles. The maximum atomic E-state index is 13.1. The van der Waals surface area contributed by atoms with Crippen LogP contribution in [0.25, 0.3) is 0 Å². The number of anilines is 1. The Morgan fingerprint density at radius 2 is 1.61 bits per heavy atom. The number of nitrogens with zero attached hydrogens (tertiary/aromatic N) is 3. The van der Waals surface area contributed by atoms with E-state index in [4.69, 9.17) is 18.9 Å². The molecule has 44 heavy (non-hydrogen) atoms. The molecule has 1 aliphatic rings. The van der Waals surface area contributed by atoms with Gasteiger partial charge in [0.2, 0.25) is 10.6 Å². The zero-order valence-electron chi connectivity index (χ0n) is 24.1. The summed E-state index contributed by atoms with van der Waals surface area (Å²) in [6.07, 6.45) is 1.42. The fourth-order valence-corrected chi connectivity index (χ4v) is 5.34. The molecule has 5 rings (SSSR count). The molecule has 1 aromatic heterocycles. The Hall–Kier alpha value is -5.10. The summed E-state index contributed by atoms with van der Waals surface area (Å²) in [5.41, 5.74) is 1.45. The van der Waals surface area contributed by atoms with Crippen molar-refractivity contribution in [2.45, 2.75) is 17.8 Å². The van der Waals surface area contributed by atoms with Gasteiger partial charge in [-0.25, -0.2) is 14.8 Å². The fraction of sp³-hybridized carbons (Fsp3) is 0.219. The van der Waals surface area contributed by atoms with Crippen molar-refractivity contribution < 1.29 is 33.3 Å². The van der Waals surface area contributed by atoms with Crippen LogP contribution in [0.15, 0.2) is 91.3 Å². The number of benzene rings is 3. The van der Waals surface area contributed by atoms with Gasteiger partial charge in [-0.05, 0) is 59.3 Å². The largest absolute Gasteiger partial charge is 0.497 e. The lowest BCUT2D eigenvalue weighted by Crippen LogP contribution is -2.46. The zero-order chi connectivity index (χ0) is 30.9. The van der Waals surface area contributed by atoms with Crippen LogP contribution < -0.4 is 24.4 Å². The number of ether oxygens (including phenoxy) is 4. The van der Waals surface area contributed by atoms with Gasteiger partial charge in [0.1, 0.15) is 42.6 Å². The Kier molecular flexibility index (Phi) is 9.60. The number of hydrogen-bond acceptors (Lipinski definition) is 11. The summed E-state index contributed by atoms with van der Waals surface area (Å²) in [6.45, 7) is 0.879. The molecule has 11 nitrogen and oxygen atoms in total. The number of nitrogens with one attached hydrogen (secondary N) is 1. The number of hydrogen-bond donors (Lipinski definition) is 1. The Labute approximate surface area is 258 Å². The number of carbonyl (C=O) groups is 3. The summed E-state index contributed by atoms with van der Waals surface area (Å²) in [5.74, 6) is 1.58. The molecule has 1 aliphatic heterocycles. The van der Waals surface area contributed by atoms with E-state index in [1.54, 1.807) is 61.7 Å². The van der Waals surface area contributed by atoms with Gasteiger partial charge in [0, 0.05) is 19.5 Å². The number of amides is 2. The molecule has 0 unspecified atom stereocenters. The Morgan fingerprint density at radius 1 is 0.909 bits per heavy atom. The van der Waals surface area contributed by atoms with Gasteiger partial charge in [-0.1, -0.05) is 42.5 Å². The fourth-order valence-electron chi connectivity index (χ4n) is 4.35. The van der Waals surface area contributed by atoms with Crippen LogP contribution in [0, 0.1) is 0 Å². The minimum atomic E-state index is -1.70. The maximum Gasteiger partial charge on any atom is 0.333 e. The number of rotatable bonds is 13. The molecule has 12 heteroatoms. The van der Waals surface area contributed by atoms with Crippen molar-refractivity contribution in [2.24, 2.45) is 0 Å². The van der Waals surface area contributed by atoms with Gasteiger partial charge in [0.15, 0.2) is 0 Å². The van der Waals surface area contributed by atoms with Gasteiger partial charge in [-0.2, -0.15) is 0 Å². The molecule has 0 saturated carbocycles. The predicted molar refractivity (Wildman–Crippen MR) is 164 cm³/mol. The summed E-state index contributed by atoms with van der Waals surface area (Å²) >= 11 is 0.646. The zero-order valence-corrected chi connectivity index (χ0v) is 24.9. The SMILES string of the molecule is COc1ccc(Oc2cc(N(C)CCOc3ccc(C[C@]4(C(=O)OCc5ccccc5)SC(=O)NC4=O)cc3)ncn2)cc1. The van der Waals surface area contributed by atoms with Crippen LogP contribution >= 0.6 is 11.8 Å². The quantitative estimate of drug-likeness (QED) is 0.165. The van der Waals surface area contributed by atoms with E-state index in [0.29, 0.717) is 53.7 Å². The topological polar surface area (TPSA) is 129 Å². The van der Waals surface area contributed by atoms with Gasteiger partial charge in [0.05, 0.1) is 13.7 Å². The monoisotopic (exact) mass is 614 g/mol.